The summed E-state index contributed by atoms with van der Waals surface area (Å²) < 4.78 is 29.2. The van der Waals surface area contributed by atoms with Gasteiger partial charge in [-0.25, -0.2) is 0 Å². The number of hydrogen-bond acceptors (Lipinski definition) is 3. The Kier molecular flexibility index (Phi) is 2.68. The molecule has 0 aromatic carbocycles. The van der Waals surface area contributed by atoms with Crippen LogP contribution in [-0.2, 0) is 10.1 Å². The zero-order chi connectivity index (χ0) is 9.41. The third kappa shape index (κ3) is 1.90. The topological polar surface area (TPSA) is 74.6 Å². The molecule has 2 N–H and O–H groups in total. The summed E-state index contributed by atoms with van der Waals surface area (Å²) in [7, 11) is -4.02. The Morgan fingerprint density at radius 3 is 2.25 bits per heavy atom. The van der Waals surface area contributed by atoms with E-state index in [9.17, 15) is 8.42 Å². The summed E-state index contributed by atoms with van der Waals surface area (Å²) >= 11 is 5.31. The molecule has 1 saturated carbocycles. The molecule has 1 aliphatic carbocycles. The normalized spacial score (nSPS) is 23.6. The van der Waals surface area contributed by atoms with E-state index >= 15 is 0 Å². The van der Waals surface area contributed by atoms with Crippen LogP contribution >= 0.6 is 11.6 Å². The van der Waals surface area contributed by atoms with Crippen LogP contribution in [0.4, 0.5) is 0 Å². The maximum atomic E-state index is 10.8. The molecule has 0 radical (unpaired) electrons. The fourth-order valence-electron chi connectivity index (χ4n) is 1.19. The fourth-order valence-corrected chi connectivity index (χ4v) is 2.32. The third-order valence-electron chi connectivity index (χ3n) is 2.14. The van der Waals surface area contributed by atoms with Gasteiger partial charge in [-0.3, -0.25) is 4.55 Å². The van der Waals surface area contributed by atoms with E-state index in [4.69, 9.17) is 21.3 Å². The first-order valence-electron chi connectivity index (χ1n) is 3.62. The Balaban J connectivity index is 2.63. The van der Waals surface area contributed by atoms with Crippen molar-refractivity contribution in [3.05, 3.63) is 0 Å². The predicted molar refractivity (Wildman–Crippen MR) is 44.9 cm³/mol. The Morgan fingerprint density at radius 2 is 2.00 bits per heavy atom. The van der Waals surface area contributed by atoms with Crippen molar-refractivity contribution in [1.82, 2.24) is 0 Å². The molecule has 72 valence electrons. The van der Waals surface area contributed by atoms with Crippen LogP contribution < -0.4 is 0 Å². The van der Waals surface area contributed by atoms with Gasteiger partial charge in [-0.15, -0.1) is 11.6 Å². The van der Waals surface area contributed by atoms with E-state index in [1.807, 2.05) is 0 Å². The van der Waals surface area contributed by atoms with Gasteiger partial charge in [0.15, 0.2) is 0 Å². The quantitative estimate of drug-likeness (QED) is 0.525. The van der Waals surface area contributed by atoms with Crippen molar-refractivity contribution in [2.24, 2.45) is 0 Å². The van der Waals surface area contributed by atoms with Crippen LogP contribution in [-0.4, -0.2) is 34.8 Å². The number of alkyl halides is 1. The second-order valence-corrected chi connectivity index (χ2v) is 5.30. The molecular formula is C6H11ClO4S. The molecule has 1 fully saturated rings. The largest absolute Gasteiger partial charge is 0.392 e. The van der Waals surface area contributed by atoms with Crippen molar-refractivity contribution in [3.63, 3.8) is 0 Å². The number of aliphatic hydroxyl groups excluding tert-OH is 1. The maximum absolute atomic E-state index is 10.8. The molecule has 12 heavy (non-hydrogen) atoms. The predicted octanol–water partition coefficient (Wildman–Crippen LogP) is 0.397. The second kappa shape index (κ2) is 3.14. The van der Waals surface area contributed by atoms with Crippen molar-refractivity contribution in [2.45, 2.75) is 30.1 Å². The lowest BCUT2D eigenvalue weighted by atomic mass is 10.2. The second-order valence-electron chi connectivity index (χ2n) is 3.17. The molecule has 0 heterocycles. The maximum Gasteiger partial charge on any atom is 0.270 e. The van der Waals surface area contributed by atoms with Gasteiger partial charge < -0.3 is 5.11 Å². The summed E-state index contributed by atoms with van der Waals surface area (Å²) in [6.45, 7) is 0. The summed E-state index contributed by atoms with van der Waals surface area (Å²) in [5, 5.41) is 9.09. The molecule has 0 bridgehead atoms. The average Bonchev–Trinajstić information content (AvgIpc) is 2.67. The van der Waals surface area contributed by atoms with Crippen molar-refractivity contribution in [2.75, 3.05) is 5.88 Å². The smallest absolute Gasteiger partial charge is 0.270 e. The standard InChI is InChI=1S/C6H11ClO4S/c7-4-5(8)3-6(1-2-6)12(9,10)11/h5,8H,1-4H2,(H,9,10,11)/t5-/m1/s1. The monoisotopic (exact) mass is 214 g/mol. The molecule has 0 aromatic heterocycles. The summed E-state index contributed by atoms with van der Waals surface area (Å²) in [6, 6.07) is 0. The van der Waals surface area contributed by atoms with Gasteiger partial charge in [0.05, 0.1) is 10.9 Å². The van der Waals surface area contributed by atoms with Gasteiger partial charge in [-0.05, 0) is 19.3 Å². The minimum absolute atomic E-state index is 0.00271. The fraction of sp³-hybridized carbons (Fsp3) is 1.00. The molecule has 0 aromatic rings. The van der Waals surface area contributed by atoms with Crippen LogP contribution in [0.2, 0.25) is 0 Å². The highest BCUT2D eigenvalue weighted by Gasteiger charge is 2.54. The van der Waals surface area contributed by atoms with E-state index in [1.165, 1.54) is 0 Å². The summed E-state index contributed by atoms with van der Waals surface area (Å²) in [6.07, 6.45) is 0.0191. The molecule has 0 aliphatic heterocycles. The van der Waals surface area contributed by atoms with Crippen molar-refractivity contribution < 1.29 is 18.1 Å². The molecule has 1 atom stereocenters. The van der Waals surface area contributed by atoms with Gasteiger partial charge >= 0.3 is 0 Å². The van der Waals surface area contributed by atoms with E-state index in [2.05, 4.69) is 0 Å². The average molecular weight is 215 g/mol. The molecule has 4 nitrogen and oxygen atoms in total. The minimum atomic E-state index is -4.02. The van der Waals surface area contributed by atoms with E-state index in [0.29, 0.717) is 12.8 Å². The zero-order valence-corrected chi connectivity index (χ0v) is 7.98. The first-order chi connectivity index (χ1) is 5.41. The molecule has 0 saturated heterocycles. The first-order valence-corrected chi connectivity index (χ1v) is 5.60. The first kappa shape index (κ1) is 10.2. The van der Waals surface area contributed by atoms with Crippen LogP contribution in [0.3, 0.4) is 0 Å². The Bertz CT molecular complexity index is 257. The molecular weight excluding hydrogens is 204 g/mol. The SMILES string of the molecule is O=S(=O)(O)C1(C[C@@H](O)CCl)CC1. The number of aliphatic hydroxyl groups is 1. The molecule has 1 rings (SSSR count). The highest BCUT2D eigenvalue weighted by molar-refractivity contribution is 7.87. The summed E-state index contributed by atoms with van der Waals surface area (Å²) in [5.74, 6) is -0.00271. The van der Waals surface area contributed by atoms with Gasteiger partial charge in [0.1, 0.15) is 0 Å². The highest BCUT2D eigenvalue weighted by Crippen LogP contribution is 2.46. The van der Waals surface area contributed by atoms with E-state index in [0.717, 1.165) is 0 Å². The number of hydrogen-bond donors (Lipinski definition) is 2. The lowest BCUT2D eigenvalue weighted by molar-refractivity contribution is 0.182. The van der Waals surface area contributed by atoms with E-state index in [1.54, 1.807) is 0 Å². The van der Waals surface area contributed by atoms with Gasteiger partial charge in [0.2, 0.25) is 0 Å². The lowest BCUT2D eigenvalue weighted by Crippen LogP contribution is -2.28. The molecule has 1 aliphatic rings. The van der Waals surface area contributed by atoms with Crippen molar-refractivity contribution in [3.8, 4) is 0 Å². The van der Waals surface area contributed by atoms with Crippen LogP contribution in [0.15, 0.2) is 0 Å². The van der Waals surface area contributed by atoms with Gasteiger partial charge in [0.25, 0.3) is 10.1 Å². The molecule has 0 unspecified atom stereocenters. The van der Waals surface area contributed by atoms with Gasteiger partial charge in [-0.1, -0.05) is 0 Å². The Morgan fingerprint density at radius 1 is 1.50 bits per heavy atom. The molecule has 0 amide bonds. The van der Waals surface area contributed by atoms with Crippen LogP contribution in [0.1, 0.15) is 19.3 Å². The van der Waals surface area contributed by atoms with Crippen LogP contribution in [0.25, 0.3) is 0 Å². The van der Waals surface area contributed by atoms with Gasteiger partial charge in [0, 0.05) is 5.88 Å². The highest BCUT2D eigenvalue weighted by atomic mass is 35.5. The third-order valence-corrected chi connectivity index (χ3v) is 4.17. The summed E-state index contributed by atoms with van der Waals surface area (Å²) in [5.41, 5.74) is 0. The van der Waals surface area contributed by atoms with Crippen LogP contribution in [0, 0.1) is 0 Å². The molecule has 0 spiro atoms. The van der Waals surface area contributed by atoms with Gasteiger partial charge in [-0.2, -0.15) is 8.42 Å². The Hall–Kier alpha value is 0.160. The van der Waals surface area contributed by atoms with Crippen molar-refractivity contribution >= 4 is 21.7 Å². The van der Waals surface area contributed by atoms with Crippen molar-refractivity contribution in [1.29, 1.82) is 0 Å². The van der Waals surface area contributed by atoms with Crippen LogP contribution in [0.5, 0.6) is 0 Å². The minimum Gasteiger partial charge on any atom is -0.392 e. The van der Waals surface area contributed by atoms with E-state index in [-0.39, 0.29) is 12.3 Å². The lowest BCUT2D eigenvalue weighted by Gasteiger charge is -2.14. The Labute approximate surface area is 76.3 Å². The molecule has 6 heteroatoms. The summed E-state index contributed by atoms with van der Waals surface area (Å²) in [4.78, 5) is 0. The zero-order valence-electron chi connectivity index (χ0n) is 6.40. The van der Waals surface area contributed by atoms with E-state index < -0.39 is 21.0 Å². The number of rotatable bonds is 4. The number of halogens is 1.